The van der Waals surface area contributed by atoms with Gasteiger partial charge >= 0.3 is 0 Å². The topological polar surface area (TPSA) is 45.2 Å². The maximum atomic E-state index is 9.07. The van der Waals surface area contributed by atoms with Crippen LogP contribution >= 0.6 is 0 Å². The van der Waals surface area contributed by atoms with Gasteiger partial charge in [0.05, 0.1) is 5.69 Å². The highest BCUT2D eigenvalue weighted by molar-refractivity contribution is 5.42. The van der Waals surface area contributed by atoms with E-state index < -0.39 is 0 Å². The number of nitrogens with one attached hydrogen (secondary N) is 1. The maximum absolute atomic E-state index is 9.07. The molecule has 0 atom stereocenters. The molecule has 1 rings (SSSR count). The molecular weight excluding hydrogens is 176 g/mol. The van der Waals surface area contributed by atoms with Crippen LogP contribution in [0.5, 0.6) is 0 Å². The summed E-state index contributed by atoms with van der Waals surface area (Å²) in [4.78, 5) is 4.09. The lowest BCUT2D eigenvalue weighted by Gasteiger charge is -2.22. The van der Waals surface area contributed by atoms with Gasteiger partial charge < -0.3 is 10.4 Å². The highest BCUT2D eigenvalue weighted by Gasteiger charge is 2.15. The molecular formula is C11H18N2O. The summed E-state index contributed by atoms with van der Waals surface area (Å²) in [6.07, 6.45) is 3.61. The minimum Gasteiger partial charge on any atom is -0.396 e. The van der Waals surface area contributed by atoms with E-state index in [0.717, 1.165) is 17.8 Å². The summed E-state index contributed by atoms with van der Waals surface area (Å²) in [5.41, 5.74) is 2.05. The fourth-order valence-electron chi connectivity index (χ4n) is 1.05. The number of rotatable bonds is 4. The lowest BCUT2D eigenvalue weighted by Crippen LogP contribution is -2.26. The molecule has 78 valence electrons. The van der Waals surface area contributed by atoms with Gasteiger partial charge in [-0.15, -0.1) is 0 Å². The van der Waals surface area contributed by atoms with Crippen LogP contribution in [0.3, 0.4) is 0 Å². The van der Waals surface area contributed by atoms with Crippen molar-refractivity contribution < 1.29 is 5.11 Å². The van der Waals surface area contributed by atoms with E-state index in [1.165, 1.54) is 0 Å². The molecule has 1 aromatic rings. The molecule has 0 aliphatic heterocycles. The predicted octanol–water partition coefficient (Wildman–Crippen LogP) is 1.82. The van der Waals surface area contributed by atoms with E-state index in [4.69, 9.17) is 5.11 Å². The highest BCUT2D eigenvalue weighted by Crippen LogP contribution is 2.15. The fourth-order valence-corrected chi connectivity index (χ4v) is 1.05. The van der Waals surface area contributed by atoms with Gasteiger partial charge in [-0.3, -0.25) is 4.98 Å². The van der Waals surface area contributed by atoms with Gasteiger partial charge in [-0.1, -0.05) is 13.8 Å². The molecule has 0 aliphatic rings. The maximum Gasteiger partial charge on any atom is 0.0529 e. The fraction of sp³-hybridized carbons (Fsp3) is 0.545. The van der Waals surface area contributed by atoms with Crippen LogP contribution in [-0.2, 0) is 0 Å². The quantitative estimate of drug-likeness (QED) is 0.768. The van der Waals surface area contributed by atoms with E-state index in [1.54, 1.807) is 6.20 Å². The van der Waals surface area contributed by atoms with E-state index >= 15 is 0 Å². The Labute approximate surface area is 85.2 Å². The molecule has 14 heavy (non-hydrogen) atoms. The monoisotopic (exact) mass is 194 g/mol. The van der Waals surface area contributed by atoms with Crippen molar-refractivity contribution in [3.05, 3.63) is 24.0 Å². The first kappa shape index (κ1) is 11.0. The van der Waals surface area contributed by atoms with Gasteiger partial charge in [0.15, 0.2) is 0 Å². The van der Waals surface area contributed by atoms with Crippen molar-refractivity contribution in [1.82, 2.24) is 4.98 Å². The Bertz CT molecular complexity index is 297. The van der Waals surface area contributed by atoms with Crippen LogP contribution in [0.15, 0.2) is 18.5 Å². The molecule has 2 N–H and O–H groups in total. The van der Waals surface area contributed by atoms with Crippen LogP contribution in [-0.4, -0.2) is 23.2 Å². The Morgan fingerprint density at radius 3 is 2.71 bits per heavy atom. The van der Waals surface area contributed by atoms with E-state index in [1.807, 2.05) is 33.0 Å². The Hall–Kier alpha value is -1.09. The van der Waals surface area contributed by atoms with Gasteiger partial charge in [-0.2, -0.15) is 0 Å². The van der Waals surface area contributed by atoms with Crippen LogP contribution in [0.25, 0.3) is 0 Å². The average molecular weight is 194 g/mol. The number of aryl methyl sites for hydroxylation is 1. The first-order valence-electron chi connectivity index (χ1n) is 4.80. The lowest BCUT2D eigenvalue weighted by molar-refractivity contribution is 0.171. The van der Waals surface area contributed by atoms with Crippen molar-refractivity contribution in [3.8, 4) is 0 Å². The van der Waals surface area contributed by atoms with Crippen molar-refractivity contribution >= 4 is 5.69 Å². The third-order valence-electron chi connectivity index (χ3n) is 2.07. The van der Waals surface area contributed by atoms with Gasteiger partial charge in [0.25, 0.3) is 0 Å². The number of aromatic nitrogens is 1. The number of nitrogens with zero attached hydrogens (tertiary/aromatic N) is 1. The molecule has 3 nitrogen and oxygen atoms in total. The highest BCUT2D eigenvalue weighted by atomic mass is 16.3. The second kappa shape index (κ2) is 4.42. The molecule has 0 unspecified atom stereocenters. The van der Waals surface area contributed by atoms with Gasteiger partial charge in [0, 0.05) is 31.0 Å². The van der Waals surface area contributed by atoms with Gasteiger partial charge in [-0.05, 0) is 18.6 Å². The van der Waals surface area contributed by atoms with Crippen LogP contribution in [0.1, 0.15) is 19.4 Å². The molecule has 1 aromatic heterocycles. The molecule has 0 fully saturated rings. The van der Waals surface area contributed by atoms with E-state index in [2.05, 4.69) is 10.3 Å². The second-order valence-electron chi connectivity index (χ2n) is 4.43. The van der Waals surface area contributed by atoms with Crippen molar-refractivity contribution in [3.63, 3.8) is 0 Å². The molecule has 0 saturated heterocycles. The molecule has 1 heterocycles. The number of pyridine rings is 1. The molecule has 0 amide bonds. The summed E-state index contributed by atoms with van der Waals surface area (Å²) < 4.78 is 0. The van der Waals surface area contributed by atoms with Crippen molar-refractivity contribution in [2.75, 3.05) is 18.5 Å². The summed E-state index contributed by atoms with van der Waals surface area (Å²) >= 11 is 0. The first-order chi connectivity index (χ1) is 6.53. The number of hydrogen-bond donors (Lipinski definition) is 2. The number of aliphatic hydroxyl groups is 1. The SMILES string of the molecule is Cc1cncc(NCC(C)(C)CO)c1. The van der Waals surface area contributed by atoms with Crippen molar-refractivity contribution in [2.24, 2.45) is 5.41 Å². The minimum atomic E-state index is -0.0935. The van der Waals surface area contributed by atoms with E-state index in [9.17, 15) is 0 Å². The zero-order valence-corrected chi connectivity index (χ0v) is 9.04. The smallest absolute Gasteiger partial charge is 0.0529 e. The molecule has 0 bridgehead atoms. The summed E-state index contributed by atoms with van der Waals surface area (Å²) in [5, 5.41) is 12.3. The largest absolute Gasteiger partial charge is 0.396 e. The normalized spacial score (nSPS) is 11.4. The van der Waals surface area contributed by atoms with Gasteiger partial charge in [0.2, 0.25) is 0 Å². The third kappa shape index (κ3) is 3.34. The zero-order valence-electron chi connectivity index (χ0n) is 9.04. The standard InChI is InChI=1S/C11H18N2O/c1-9-4-10(6-12-5-9)13-7-11(2,3)8-14/h4-6,13-14H,7-8H2,1-3H3. The number of hydrogen-bond acceptors (Lipinski definition) is 3. The molecule has 0 aromatic carbocycles. The van der Waals surface area contributed by atoms with E-state index in [0.29, 0.717) is 0 Å². The third-order valence-corrected chi connectivity index (χ3v) is 2.07. The summed E-state index contributed by atoms with van der Waals surface area (Å²) in [7, 11) is 0. The molecule has 0 spiro atoms. The summed E-state index contributed by atoms with van der Waals surface area (Å²) in [6, 6.07) is 2.04. The Morgan fingerprint density at radius 2 is 2.14 bits per heavy atom. The molecule has 3 heteroatoms. The van der Waals surface area contributed by atoms with Crippen molar-refractivity contribution in [1.29, 1.82) is 0 Å². The van der Waals surface area contributed by atoms with Crippen LogP contribution in [0.4, 0.5) is 5.69 Å². The van der Waals surface area contributed by atoms with Crippen molar-refractivity contribution in [2.45, 2.75) is 20.8 Å². The Balaban J connectivity index is 2.54. The zero-order chi connectivity index (χ0) is 10.6. The van der Waals surface area contributed by atoms with Crippen LogP contribution in [0.2, 0.25) is 0 Å². The predicted molar refractivity (Wildman–Crippen MR) is 58.3 cm³/mol. The molecule has 0 saturated carbocycles. The lowest BCUT2D eigenvalue weighted by atomic mass is 9.95. The van der Waals surface area contributed by atoms with Crippen LogP contribution < -0.4 is 5.32 Å². The molecule has 0 radical (unpaired) electrons. The Morgan fingerprint density at radius 1 is 1.43 bits per heavy atom. The summed E-state index contributed by atoms with van der Waals surface area (Å²) in [5.74, 6) is 0. The van der Waals surface area contributed by atoms with Gasteiger partial charge in [-0.25, -0.2) is 0 Å². The molecule has 0 aliphatic carbocycles. The van der Waals surface area contributed by atoms with Gasteiger partial charge in [0.1, 0.15) is 0 Å². The Kier molecular flexibility index (Phi) is 3.47. The average Bonchev–Trinajstić information content (AvgIpc) is 2.15. The first-order valence-corrected chi connectivity index (χ1v) is 4.80. The number of anilines is 1. The minimum absolute atomic E-state index is 0.0935. The van der Waals surface area contributed by atoms with Crippen LogP contribution in [0, 0.1) is 12.3 Å². The second-order valence-corrected chi connectivity index (χ2v) is 4.43. The number of aliphatic hydroxyl groups excluding tert-OH is 1. The summed E-state index contributed by atoms with van der Waals surface area (Å²) in [6.45, 7) is 6.97. The van der Waals surface area contributed by atoms with E-state index in [-0.39, 0.29) is 12.0 Å².